The lowest BCUT2D eigenvalue weighted by Crippen LogP contribution is -2.43. The molecular formula is C55H79N7O8. The predicted molar refractivity (Wildman–Crippen MR) is 278 cm³/mol. The van der Waals surface area contributed by atoms with Crippen molar-refractivity contribution in [2.75, 3.05) is 11.1 Å². The number of rotatable bonds is 37. The largest absolute Gasteiger partial charge is 0.393 e. The van der Waals surface area contributed by atoms with Gasteiger partial charge in [0, 0.05) is 30.5 Å². The molecule has 0 spiro atoms. The van der Waals surface area contributed by atoms with Gasteiger partial charge in [-0.2, -0.15) is 4.98 Å². The quantitative estimate of drug-likeness (QED) is 0.0183. The summed E-state index contributed by atoms with van der Waals surface area (Å²) in [5, 5.41) is 5.74. The molecule has 1 atom stereocenters. The Bertz CT molecular complexity index is 2200. The smallest absolute Gasteiger partial charge is 0.336 e. The van der Waals surface area contributed by atoms with Crippen LogP contribution in [0.2, 0.25) is 0 Å². The van der Waals surface area contributed by atoms with Crippen LogP contribution in [0.5, 0.6) is 0 Å². The molecular weight excluding hydrogens is 887 g/mol. The highest BCUT2D eigenvalue weighted by Gasteiger charge is 2.27. The lowest BCUT2D eigenvalue weighted by molar-refractivity contribution is -0.161. The lowest BCUT2D eigenvalue weighted by atomic mass is 10.1. The van der Waals surface area contributed by atoms with Gasteiger partial charge in [-0.15, -0.1) is 0 Å². The number of H-pyrrole nitrogens is 1. The van der Waals surface area contributed by atoms with E-state index in [0.29, 0.717) is 24.2 Å². The molecule has 0 aliphatic heterocycles. The van der Waals surface area contributed by atoms with Gasteiger partial charge in [0.25, 0.3) is 5.91 Å². The Labute approximate surface area is 415 Å². The van der Waals surface area contributed by atoms with Gasteiger partial charge in [-0.1, -0.05) is 127 Å². The van der Waals surface area contributed by atoms with Gasteiger partial charge in [0.15, 0.2) is 11.2 Å². The molecule has 0 fully saturated rings. The molecule has 1 aromatic carbocycles. The number of nitrogens with two attached hydrogens (primary N) is 1. The highest BCUT2D eigenvalue weighted by molar-refractivity contribution is 5.98. The van der Waals surface area contributed by atoms with Crippen molar-refractivity contribution >= 4 is 52.6 Å². The van der Waals surface area contributed by atoms with E-state index in [9.17, 15) is 28.8 Å². The number of ether oxygens (including phenoxy) is 2. The van der Waals surface area contributed by atoms with Crippen LogP contribution in [0.4, 0.5) is 11.6 Å². The van der Waals surface area contributed by atoms with Gasteiger partial charge in [-0.05, 0) is 108 Å². The first-order chi connectivity index (χ1) is 34.1. The fourth-order valence-corrected chi connectivity index (χ4v) is 7.37. The SMILES string of the molecule is CCCCC/C=C\C/C=C\CCCCCCCC(=O)OC(=O)CC[C@H](NC(=O)c1ccc(NCc2cnc3[nH]c(N)nc(=O)c3n2)cc1)C(=O)OC(=O)CCCCCCC/C=C\C/C=C\CCCCC. The average Bonchev–Trinajstić information content (AvgIpc) is 3.34. The van der Waals surface area contributed by atoms with Crippen molar-refractivity contribution in [2.24, 2.45) is 0 Å². The summed E-state index contributed by atoms with van der Waals surface area (Å²) in [5.41, 5.74) is 6.51. The Kier molecular flexibility index (Phi) is 30.4. The molecule has 2 aromatic heterocycles. The highest BCUT2D eigenvalue weighted by Crippen LogP contribution is 2.15. The summed E-state index contributed by atoms with van der Waals surface area (Å²) in [7, 11) is 0. The van der Waals surface area contributed by atoms with Gasteiger partial charge in [0.1, 0.15) is 6.04 Å². The molecule has 0 aliphatic carbocycles. The second-order valence-electron chi connectivity index (χ2n) is 17.6. The Morgan fingerprint density at radius 2 is 1.13 bits per heavy atom. The number of esters is 4. The van der Waals surface area contributed by atoms with E-state index in [4.69, 9.17) is 15.2 Å². The molecule has 0 radical (unpaired) electrons. The number of aromatic nitrogens is 4. The Morgan fingerprint density at radius 3 is 1.69 bits per heavy atom. The van der Waals surface area contributed by atoms with Crippen LogP contribution in [-0.2, 0) is 35.2 Å². The molecule has 3 rings (SSSR count). The lowest BCUT2D eigenvalue weighted by Gasteiger charge is -2.17. The number of nitrogens with one attached hydrogen (secondary N) is 3. The number of carbonyl (C=O) groups excluding carboxylic acids is 5. The molecule has 0 saturated carbocycles. The third-order valence-electron chi connectivity index (χ3n) is 11.4. The maximum Gasteiger partial charge on any atom is 0.336 e. The van der Waals surface area contributed by atoms with Gasteiger partial charge < -0.3 is 30.8 Å². The van der Waals surface area contributed by atoms with Crippen molar-refractivity contribution in [1.82, 2.24) is 25.3 Å². The van der Waals surface area contributed by atoms with E-state index in [0.717, 1.165) is 89.9 Å². The van der Waals surface area contributed by atoms with Crippen molar-refractivity contribution in [2.45, 2.75) is 193 Å². The van der Waals surface area contributed by atoms with Crippen molar-refractivity contribution in [3.05, 3.63) is 101 Å². The van der Waals surface area contributed by atoms with Crippen molar-refractivity contribution in [1.29, 1.82) is 0 Å². The van der Waals surface area contributed by atoms with Crippen molar-refractivity contribution in [3.63, 3.8) is 0 Å². The summed E-state index contributed by atoms with van der Waals surface area (Å²) in [4.78, 5) is 91.8. The second-order valence-corrected chi connectivity index (χ2v) is 17.6. The fourth-order valence-electron chi connectivity index (χ4n) is 7.37. The molecule has 15 nitrogen and oxygen atoms in total. The molecule has 0 bridgehead atoms. The summed E-state index contributed by atoms with van der Waals surface area (Å²) in [5.74, 6) is -3.92. The number of allylic oxidation sites excluding steroid dienone is 8. The number of carbonyl (C=O) groups is 5. The number of hydrogen-bond acceptors (Lipinski definition) is 13. The predicted octanol–water partition coefficient (Wildman–Crippen LogP) is 11.6. The summed E-state index contributed by atoms with van der Waals surface area (Å²) in [6.07, 6.45) is 41.4. The monoisotopic (exact) mass is 966 g/mol. The number of hydrogen-bond donors (Lipinski definition) is 4. The highest BCUT2D eigenvalue weighted by atomic mass is 16.6. The van der Waals surface area contributed by atoms with E-state index in [-0.39, 0.29) is 54.9 Å². The number of benzene rings is 1. The average molecular weight is 966 g/mol. The van der Waals surface area contributed by atoms with Crippen molar-refractivity contribution in [3.8, 4) is 0 Å². The van der Waals surface area contributed by atoms with Gasteiger partial charge >= 0.3 is 29.4 Å². The summed E-state index contributed by atoms with van der Waals surface area (Å²) < 4.78 is 10.2. The van der Waals surface area contributed by atoms with E-state index < -0.39 is 41.4 Å². The number of nitrogen functional groups attached to an aromatic ring is 1. The zero-order valence-electron chi connectivity index (χ0n) is 41.9. The third-order valence-corrected chi connectivity index (χ3v) is 11.4. The van der Waals surface area contributed by atoms with E-state index in [1.807, 2.05) is 0 Å². The second kappa shape index (κ2) is 36.7. The van der Waals surface area contributed by atoms with Crippen LogP contribution in [0, 0.1) is 0 Å². The minimum atomic E-state index is -1.37. The minimum absolute atomic E-state index is 0.0306. The standard InChI is InChI=1S/C55H79N7O8/c1-3-5-7-9-11-13-15-17-19-21-23-25-27-29-31-33-47(63)69-49(65)40-39-46(54(68)70-48(64)34-32-30-28-26-24-22-20-18-16-14-12-10-8-6-4-2)60-52(66)43-35-37-44(38-36-43)57-41-45-42-58-51-50(59-45)53(67)62-55(56)61-51/h11-14,17-20,35-38,42,46,57H,3-10,15-16,21-34,39-41H2,1-2H3,(H,60,66)(H3,56,58,61,62,67)/b13-11-,14-12-,19-17-,20-18-/t46-/m0/s1. The number of unbranched alkanes of at least 4 members (excludes halogenated alkanes) is 16. The molecule has 1 amide bonds. The zero-order chi connectivity index (χ0) is 50.4. The maximum absolute atomic E-state index is 13.4. The van der Waals surface area contributed by atoms with Gasteiger partial charge in [-0.3, -0.25) is 24.0 Å². The van der Waals surface area contributed by atoms with Gasteiger partial charge in [-0.25, -0.2) is 14.8 Å². The first kappa shape index (κ1) is 58.1. The number of aromatic amines is 1. The number of fused-ring (bicyclic) bond motifs is 1. The summed E-state index contributed by atoms with van der Waals surface area (Å²) in [6.45, 7) is 4.62. The molecule has 15 heteroatoms. The van der Waals surface area contributed by atoms with Crippen LogP contribution >= 0.6 is 0 Å². The first-order valence-corrected chi connectivity index (χ1v) is 25.8. The molecule has 5 N–H and O–H groups in total. The van der Waals surface area contributed by atoms with E-state index in [1.54, 1.807) is 12.1 Å². The molecule has 382 valence electrons. The van der Waals surface area contributed by atoms with Crippen LogP contribution in [0.25, 0.3) is 11.2 Å². The third kappa shape index (κ3) is 26.5. The van der Waals surface area contributed by atoms with Crippen LogP contribution in [0.15, 0.2) is 83.9 Å². The van der Waals surface area contributed by atoms with E-state index >= 15 is 0 Å². The Morgan fingerprint density at radius 1 is 0.629 bits per heavy atom. The molecule has 0 aliphatic rings. The number of nitrogens with zero attached hydrogens (tertiary/aromatic N) is 3. The summed E-state index contributed by atoms with van der Waals surface area (Å²) in [6, 6.07) is 4.95. The molecule has 0 unspecified atom stereocenters. The van der Waals surface area contributed by atoms with E-state index in [2.05, 4.69) is 93.0 Å². The van der Waals surface area contributed by atoms with Crippen molar-refractivity contribution < 1.29 is 33.4 Å². The first-order valence-electron chi connectivity index (χ1n) is 25.8. The topological polar surface area (TPSA) is 225 Å². The van der Waals surface area contributed by atoms with Crippen LogP contribution in [-0.4, -0.2) is 55.8 Å². The molecule has 3 aromatic rings. The van der Waals surface area contributed by atoms with E-state index in [1.165, 1.54) is 56.9 Å². The van der Waals surface area contributed by atoms with Crippen LogP contribution in [0.1, 0.15) is 197 Å². The maximum atomic E-state index is 13.4. The number of amides is 1. The molecule has 2 heterocycles. The van der Waals surface area contributed by atoms with Crippen LogP contribution < -0.4 is 21.9 Å². The summed E-state index contributed by atoms with van der Waals surface area (Å²) >= 11 is 0. The Hall–Kier alpha value is -6.25. The minimum Gasteiger partial charge on any atom is -0.393 e. The fraction of sp³-hybridized carbons (Fsp3) is 0.545. The molecule has 70 heavy (non-hydrogen) atoms. The Balaban J connectivity index is 1.44. The molecule has 0 saturated heterocycles. The van der Waals surface area contributed by atoms with Gasteiger partial charge in [0.2, 0.25) is 5.95 Å². The zero-order valence-corrected chi connectivity index (χ0v) is 41.9. The van der Waals surface area contributed by atoms with Gasteiger partial charge in [0.05, 0.1) is 18.4 Å². The number of anilines is 2. The van der Waals surface area contributed by atoms with Crippen LogP contribution in [0.3, 0.4) is 0 Å². The normalized spacial score (nSPS) is 12.1.